The molecule has 1 aromatic carbocycles. The van der Waals surface area contributed by atoms with Gasteiger partial charge in [0.2, 0.25) is 0 Å². The van der Waals surface area contributed by atoms with Gasteiger partial charge in [-0.05, 0) is 43.6 Å². The Labute approximate surface area is 122 Å². The van der Waals surface area contributed by atoms with Gasteiger partial charge in [0, 0.05) is 18.8 Å². The van der Waals surface area contributed by atoms with Crippen LogP contribution in [0.25, 0.3) is 0 Å². The minimum absolute atomic E-state index is 0.0652. The van der Waals surface area contributed by atoms with Gasteiger partial charge in [-0.15, -0.1) is 0 Å². The van der Waals surface area contributed by atoms with Gasteiger partial charge in [0.15, 0.2) is 9.84 Å². The molecule has 0 heterocycles. The SMILES string of the molecule is CC(c1ccc(S(C)(=O)=O)cc1)N(C)CC(C)(C)CN. The largest absolute Gasteiger partial charge is 0.330 e. The zero-order chi connectivity index (χ0) is 15.6. The van der Waals surface area contributed by atoms with E-state index in [1.807, 2.05) is 12.1 Å². The molecule has 0 radical (unpaired) electrons. The fourth-order valence-electron chi connectivity index (χ4n) is 2.12. The Morgan fingerprint density at radius 2 is 1.75 bits per heavy atom. The van der Waals surface area contributed by atoms with Crippen molar-refractivity contribution in [2.75, 3.05) is 26.4 Å². The molecule has 114 valence electrons. The summed E-state index contributed by atoms with van der Waals surface area (Å²) in [6.07, 6.45) is 1.22. The molecule has 0 aliphatic rings. The van der Waals surface area contributed by atoms with Crippen molar-refractivity contribution >= 4 is 9.84 Å². The maximum absolute atomic E-state index is 11.5. The number of hydrogen-bond acceptors (Lipinski definition) is 4. The van der Waals surface area contributed by atoms with Crippen LogP contribution in [0.2, 0.25) is 0 Å². The molecular formula is C15H26N2O2S. The van der Waals surface area contributed by atoms with Crippen molar-refractivity contribution in [2.45, 2.75) is 31.7 Å². The summed E-state index contributed by atoms with van der Waals surface area (Å²) in [4.78, 5) is 2.60. The highest BCUT2D eigenvalue weighted by atomic mass is 32.2. The topological polar surface area (TPSA) is 63.4 Å². The van der Waals surface area contributed by atoms with Crippen molar-refractivity contribution in [3.05, 3.63) is 29.8 Å². The molecule has 4 nitrogen and oxygen atoms in total. The Morgan fingerprint density at radius 1 is 1.25 bits per heavy atom. The Hall–Kier alpha value is -0.910. The zero-order valence-corrected chi connectivity index (χ0v) is 13.9. The highest BCUT2D eigenvalue weighted by Gasteiger charge is 2.21. The molecule has 0 amide bonds. The van der Waals surface area contributed by atoms with E-state index in [9.17, 15) is 8.42 Å². The van der Waals surface area contributed by atoms with Gasteiger partial charge < -0.3 is 5.73 Å². The van der Waals surface area contributed by atoms with Crippen molar-refractivity contribution < 1.29 is 8.42 Å². The molecule has 0 spiro atoms. The van der Waals surface area contributed by atoms with E-state index in [4.69, 9.17) is 5.73 Å². The molecule has 0 saturated heterocycles. The van der Waals surface area contributed by atoms with Gasteiger partial charge >= 0.3 is 0 Å². The maximum Gasteiger partial charge on any atom is 0.175 e. The molecule has 1 rings (SSSR count). The van der Waals surface area contributed by atoms with Crippen LogP contribution in [0.1, 0.15) is 32.4 Å². The second-order valence-corrected chi connectivity index (χ2v) is 8.32. The van der Waals surface area contributed by atoms with Gasteiger partial charge in [-0.2, -0.15) is 0 Å². The van der Waals surface area contributed by atoms with Crippen molar-refractivity contribution in [2.24, 2.45) is 11.1 Å². The lowest BCUT2D eigenvalue weighted by atomic mass is 9.92. The van der Waals surface area contributed by atoms with Gasteiger partial charge in [0.05, 0.1) is 4.90 Å². The van der Waals surface area contributed by atoms with Gasteiger partial charge in [-0.3, -0.25) is 4.90 Å². The molecule has 1 atom stereocenters. The lowest BCUT2D eigenvalue weighted by molar-refractivity contribution is 0.174. The van der Waals surface area contributed by atoms with E-state index in [-0.39, 0.29) is 11.5 Å². The molecule has 1 unspecified atom stereocenters. The van der Waals surface area contributed by atoms with Crippen LogP contribution in [0.15, 0.2) is 29.2 Å². The molecule has 5 heteroatoms. The van der Waals surface area contributed by atoms with E-state index in [1.165, 1.54) is 6.26 Å². The molecule has 0 aliphatic carbocycles. The Morgan fingerprint density at radius 3 is 2.15 bits per heavy atom. The van der Waals surface area contributed by atoms with E-state index in [0.29, 0.717) is 11.4 Å². The number of sulfone groups is 1. The molecule has 0 fully saturated rings. The number of hydrogen-bond donors (Lipinski definition) is 1. The monoisotopic (exact) mass is 298 g/mol. The van der Waals surface area contributed by atoms with Gasteiger partial charge in [0.25, 0.3) is 0 Å². The van der Waals surface area contributed by atoms with E-state index in [2.05, 4.69) is 32.7 Å². The van der Waals surface area contributed by atoms with Crippen LogP contribution in [0.3, 0.4) is 0 Å². The predicted octanol–water partition coefficient (Wildman–Crippen LogP) is 2.07. The number of benzene rings is 1. The van der Waals surface area contributed by atoms with Crippen molar-refractivity contribution in [1.29, 1.82) is 0 Å². The molecule has 0 aromatic heterocycles. The minimum atomic E-state index is -3.13. The van der Waals surface area contributed by atoms with Crippen LogP contribution in [-0.2, 0) is 9.84 Å². The van der Waals surface area contributed by atoms with Crippen molar-refractivity contribution in [1.82, 2.24) is 4.90 Å². The number of rotatable bonds is 6. The molecule has 0 bridgehead atoms. The summed E-state index contributed by atoms with van der Waals surface area (Å²) in [5.41, 5.74) is 6.94. The smallest absolute Gasteiger partial charge is 0.175 e. The summed E-state index contributed by atoms with van der Waals surface area (Å²) in [6, 6.07) is 7.32. The normalized spacial score (nSPS) is 14.6. The van der Waals surface area contributed by atoms with Crippen LogP contribution >= 0.6 is 0 Å². The second kappa shape index (κ2) is 6.24. The highest BCUT2D eigenvalue weighted by molar-refractivity contribution is 7.90. The third-order valence-electron chi connectivity index (χ3n) is 3.68. The fourth-order valence-corrected chi connectivity index (χ4v) is 2.76. The van der Waals surface area contributed by atoms with E-state index in [1.54, 1.807) is 12.1 Å². The average Bonchev–Trinajstić information content (AvgIpc) is 2.36. The van der Waals surface area contributed by atoms with Gasteiger partial charge in [0.1, 0.15) is 0 Å². The van der Waals surface area contributed by atoms with Crippen LogP contribution in [0, 0.1) is 5.41 Å². The number of nitrogens with zero attached hydrogens (tertiary/aromatic N) is 1. The summed E-state index contributed by atoms with van der Waals surface area (Å²) < 4.78 is 22.9. The molecule has 2 N–H and O–H groups in total. The maximum atomic E-state index is 11.5. The first-order valence-corrected chi connectivity index (χ1v) is 8.66. The Balaban J connectivity index is 2.85. The zero-order valence-electron chi connectivity index (χ0n) is 13.1. The molecule has 20 heavy (non-hydrogen) atoms. The van der Waals surface area contributed by atoms with Crippen LogP contribution in [-0.4, -0.2) is 39.7 Å². The lowest BCUT2D eigenvalue weighted by Crippen LogP contribution is -2.37. The summed E-state index contributed by atoms with van der Waals surface area (Å²) >= 11 is 0. The lowest BCUT2D eigenvalue weighted by Gasteiger charge is -2.33. The summed E-state index contributed by atoms with van der Waals surface area (Å²) in [7, 11) is -1.07. The Kier molecular flexibility index (Phi) is 5.35. The van der Waals surface area contributed by atoms with E-state index >= 15 is 0 Å². The van der Waals surface area contributed by atoms with Gasteiger partial charge in [-0.1, -0.05) is 26.0 Å². The first-order valence-electron chi connectivity index (χ1n) is 6.77. The number of nitrogens with two attached hydrogens (primary N) is 1. The summed E-state index contributed by atoms with van der Waals surface area (Å²) in [5.74, 6) is 0. The van der Waals surface area contributed by atoms with Crippen molar-refractivity contribution in [3.63, 3.8) is 0 Å². The predicted molar refractivity (Wildman–Crippen MR) is 83.4 cm³/mol. The minimum Gasteiger partial charge on any atom is -0.330 e. The molecular weight excluding hydrogens is 272 g/mol. The highest BCUT2D eigenvalue weighted by Crippen LogP contribution is 2.24. The third-order valence-corrected chi connectivity index (χ3v) is 4.81. The molecule has 0 saturated carbocycles. The first-order chi connectivity index (χ1) is 9.07. The first kappa shape index (κ1) is 17.1. The van der Waals surface area contributed by atoms with Crippen LogP contribution < -0.4 is 5.73 Å². The third kappa shape index (κ3) is 4.58. The summed E-state index contributed by atoms with van der Waals surface area (Å²) in [5, 5.41) is 0. The molecule has 0 aliphatic heterocycles. The Bertz CT molecular complexity index is 535. The second-order valence-electron chi connectivity index (χ2n) is 6.30. The average molecular weight is 298 g/mol. The summed E-state index contributed by atoms with van der Waals surface area (Å²) in [6.45, 7) is 7.92. The molecule has 1 aromatic rings. The van der Waals surface area contributed by atoms with Gasteiger partial charge in [-0.25, -0.2) is 8.42 Å². The van der Waals surface area contributed by atoms with E-state index in [0.717, 1.165) is 12.1 Å². The van der Waals surface area contributed by atoms with Crippen LogP contribution in [0.4, 0.5) is 0 Å². The van der Waals surface area contributed by atoms with Crippen LogP contribution in [0.5, 0.6) is 0 Å². The van der Waals surface area contributed by atoms with Crippen molar-refractivity contribution in [3.8, 4) is 0 Å². The fraction of sp³-hybridized carbons (Fsp3) is 0.600. The quantitative estimate of drug-likeness (QED) is 0.873. The van der Waals surface area contributed by atoms with E-state index < -0.39 is 9.84 Å². The standard InChI is InChI=1S/C15H26N2O2S/c1-12(17(4)11-15(2,3)10-16)13-6-8-14(9-7-13)20(5,18)19/h6-9,12H,10-11,16H2,1-5H3.